The highest BCUT2D eigenvalue weighted by Gasteiger charge is 2.12. The summed E-state index contributed by atoms with van der Waals surface area (Å²) in [6, 6.07) is 4.27. The molecule has 4 heterocycles. The molecule has 0 unspecified atom stereocenters. The highest BCUT2D eigenvalue weighted by atomic mass is 16.5. The van der Waals surface area contributed by atoms with Crippen LogP contribution in [-0.2, 0) is 24.4 Å². The number of nitrogens with zero attached hydrogens (tertiary/aromatic N) is 2. The minimum atomic E-state index is 0.690. The lowest BCUT2D eigenvalue weighted by Crippen LogP contribution is -1.87. The number of hydrogen-bond acceptors (Lipinski definition) is 4. The molecule has 2 aromatic heterocycles. The van der Waals surface area contributed by atoms with Gasteiger partial charge in [-0.15, -0.1) is 0 Å². The Morgan fingerprint density at radius 2 is 1.70 bits per heavy atom. The zero-order chi connectivity index (χ0) is 13.9. The monoisotopic (exact) mass is 270 g/mol. The molecular formula is C16H18N2O2. The Balaban J connectivity index is 0.000000121. The van der Waals surface area contributed by atoms with Gasteiger partial charge in [-0.3, -0.25) is 4.98 Å². The van der Waals surface area contributed by atoms with Gasteiger partial charge in [0.1, 0.15) is 0 Å². The molecule has 0 saturated carbocycles. The fourth-order valence-electron chi connectivity index (χ4n) is 2.35. The van der Waals surface area contributed by atoms with E-state index in [0.717, 1.165) is 31.2 Å². The third kappa shape index (κ3) is 2.80. The van der Waals surface area contributed by atoms with Crippen molar-refractivity contribution in [3.63, 3.8) is 0 Å². The predicted octanol–water partition coefficient (Wildman–Crippen LogP) is 2.75. The molecule has 4 nitrogen and oxygen atoms in total. The quantitative estimate of drug-likeness (QED) is 0.738. The van der Waals surface area contributed by atoms with E-state index in [1.807, 2.05) is 26.2 Å². The molecule has 0 aliphatic carbocycles. The molecule has 0 bridgehead atoms. The molecular weight excluding hydrogens is 252 g/mol. The summed E-state index contributed by atoms with van der Waals surface area (Å²) in [4.78, 5) is 8.37. The third-order valence-electron chi connectivity index (χ3n) is 3.37. The summed E-state index contributed by atoms with van der Waals surface area (Å²) < 4.78 is 10.4. The summed E-state index contributed by atoms with van der Waals surface area (Å²) in [6.45, 7) is 6.32. The Morgan fingerprint density at radius 3 is 2.55 bits per heavy atom. The normalized spacial score (nSPS) is 14.9. The van der Waals surface area contributed by atoms with E-state index >= 15 is 0 Å². The van der Waals surface area contributed by atoms with Gasteiger partial charge in [0.25, 0.3) is 0 Å². The van der Waals surface area contributed by atoms with Crippen molar-refractivity contribution in [3.05, 3.63) is 52.5 Å². The Morgan fingerprint density at radius 1 is 0.950 bits per heavy atom. The van der Waals surface area contributed by atoms with Crippen LogP contribution < -0.4 is 4.74 Å². The molecule has 0 radical (unpaired) electrons. The largest absolute Gasteiger partial charge is 0.477 e. The van der Waals surface area contributed by atoms with Gasteiger partial charge in [-0.25, -0.2) is 4.98 Å². The van der Waals surface area contributed by atoms with Crippen LogP contribution in [0.15, 0.2) is 24.5 Å². The summed E-state index contributed by atoms with van der Waals surface area (Å²) >= 11 is 0. The minimum Gasteiger partial charge on any atom is -0.477 e. The van der Waals surface area contributed by atoms with E-state index in [4.69, 9.17) is 9.47 Å². The van der Waals surface area contributed by atoms with E-state index in [-0.39, 0.29) is 0 Å². The zero-order valence-electron chi connectivity index (χ0n) is 11.8. The summed E-state index contributed by atoms with van der Waals surface area (Å²) in [7, 11) is 0. The van der Waals surface area contributed by atoms with Crippen molar-refractivity contribution in [2.24, 2.45) is 0 Å². The Labute approximate surface area is 118 Å². The second-order valence-corrected chi connectivity index (χ2v) is 5.19. The molecule has 0 atom stereocenters. The topological polar surface area (TPSA) is 44.2 Å². The van der Waals surface area contributed by atoms with E-state index in [1.54, 1.807) is 0 Å². The van der Waals surface area contributed by atoms with Crippen molar-refractivity contribution < 1.29 is 9.47 Å². The highest BCUT2D eigenvalue weighted by molar-refractivity contribution is 5.32. The Hall–Kier alpha value is -1.94. The lowest BCUT2D eigenvalue weighted by Gasteiger charge is -1.96. The molecule has 0 N–H and O–H groups in total. The molecule has 0 aromatic carbocycles. The number of pyridine rings is 2. The molecule has 0 amide bonds. The predicted molar refractivity (Wildman–Crippen MR) is 75.6 cm³/mol. The van der Waals surface area contributed by atoms with Crippen LogP contribution in [0.25, 0.3) is 0 Å². The van der Waals surface area contributed by atoms with Crippen LogP contribution in [-0.4, -0.2) is 16.6 Å². The van der Waals surface area contributed by atoms with E-state index in [2.05, 4.69) is 22.1 Å². The van der Waals surface area contributed by atoms with Crippen LogP contribution in [0.5, 0.6) is 5.88 Å². The maximum atomic E-state index is 5.24. The van der Waals surface area contributed by atoms with E-state index in [9.17, 15) is 0 Å². The second kappa shape index (κ2) is 5.59. The van der Waals surface area contributed by atoms with Gasteiger partial charge in [0.2, 0.25) is 5.88 Å². The van der Waals surface area contributed by atoms with Crippen molar-refractivity contribution in [2.75, 3.05) is 6.61 Å². The van der Waals surface area contributed by atoms with Crippen LogP contribution in [0.2, 0.25) is 0 Å². The zero-order valence-corrected chi connectivity index (χ0v) is 11.8. The van der Waals surface area contributed by atoms with Crippen molar-refractivity contribution in [2.45, 2.75) is 33.5 Å². The van der Waals surface area contributed by atoms with Gasteiger partial charge < -0.3 is 9.47 Å². The summed E-state index contributed by atoms with van der Waals surface area (Å²) in [5.74, 6) is 0.825. The smallest absolute Gasteiger partial charge is 0.216 e. The molecule has 0 spiro atoms. The number of aryl methyl sites for hydroxylation is 2. The molecule has 0 saturated heterocycles. The van der Waals surface area contributed by atoms with Gasteiger partial charge >= 0.3 is 0 Å². The first-order chi connectivity index (χ1) is 9.72. The molecule has 4 rings (SSSR count). The standard InChI is InChI=1S/2C8H9NO/c1-6-2-7-4-10-5-8(7)9-3-6;1-6-4-7-2-3-10-8(7)9-5-6/h2-3H,4-5H2,1H3;4-5H,2-3H2,1H3. The maximum Gasteiger partial charge on any atom is 0.216 e. The first-order valence-corrected chi connectivity index (χ1v) is 6.83. The van der Waals surface area contributed by atoms with Crippen LogP contribution in [0.1, 0.15) is 27.9 Å². The number of aromatic nitrogens is 2. The minimum absolute atomic E-state index is 0.690. The lowest BCUT2D eigenvalue weighted by atomic mass is 10.2. The first kappa shape index (κ1) is 13.1. The van der Waals surface area contributed by atoms with Gasteiger partial charge in [0.15, 0.2) is 0 Å². The van der Waals surface area contributed by atoms with Crippen LogP contribution in [0.4, 0.5) is 0 Å². The Bertz CT molecular complexity index is 570. The van der Waals surface area contributed by atoms with Crippen LogP contribution in [0, 0.1) is 13.8 Å². The molecule has 104 valence electrons. The lowest BCUT2D eigenvalue weighted by molar-refractivity contribution is 0.133. The second-order valence-electron chi connectivity index (χ2n) is 5.19. The summed E-state index contributed by atoms with van der Waals surface area (Å²) in [6.07, 6.45) is 4.74. The number of rotatable bonds is 0. The van der Waals surface area contributed by atoms with Crippen LogP contribution in [0.3, 0.4) is 0 Å². The molecule has 2 aliphatic heterocycles. The van der Waals surface area contributed by atoms with Gasteiger partial charge in [0, 0.05) is 29.9 Å². The Kier molecular flexibility index (Phi) is 3.65. The molecule has 20 heavy (non-hydrogen) atoms. The number of fused-ring (bicyclic) bond motifs is 2. The van der Waals surface area contributed by atoms with E-state index < -0.39 is 0 Å². The number of hydrogen-bond donors (Lipinski definition) is 0. The van der Waals surface area contributed by atoms with Crippen molar-refractivity contribution in [3.8, 4) is 5.88 Å². The van der Waals surface area contributed by atoms with Crippen molar-refractivity contribution in [1.29, 1.82) is 0 Å². The number of ether oxygens (including phenoxy) is 2. The summed E-state index contributed by atoms with van der Waals surface area (Å²) in [5.41, 5.74) is 6.03. The third-order valence-corrected chi connectivity index (χ3v) is 3.37. The molecule has 0 fully saturated rings. The summed E-state index contributed by atoms with van der Waals surface area (Å²) in [5, 5.41) is 0. The van der Waals surface area contributed by atoms with E-state index in [0.29, 0.717) is 6.61 Å². The molecule has 2 aromatic rings. The van der Waals surface area contributed by atoms with E-state index in [1.165, 1.54) is 22.3 Å². The molecule has 2 aliphatic rings. The van der Waals surface area contributed by atoms with Gasteiger partial charge in [-0.05, 0) is 31.0 Å². The average molecular weight is 270 g/mol. The maximum absolute atomic E-state index is 5.24. The van der Waals surface area contributed by atoms with Gasteiger partial charge in [-0.2, -0.15) is 0 Å². The fourth-order valence-corrected chi connectivity index (χ4v) is 2.35. The molecule has 4 heteroatoms. The van der Waals surface area contributed by atoms with Gasteiger partial charge in [0.05, 0.1) is 25.5 Å². The highest BCUT2D eigenvalue weighted by Crippen LogP contribution is 2.22. The average Bonchev–Trinajstić information content (AvgIpc) is 3.06. The van der Waals surface area contributed by atoms with Crippen molar-refractivity contribution in [1.82, 2.24) is 9.97 Å². The first-order valence-electron chi connectivity index (χ1n) is 6.83. The SMILES string of the molecule is Cc1cnc2c(c1)CCO2.Cc1cnc2c(c1)COC2. The fraction of sp³-hybridized carbons (Fsp3) is 0.375. The van der Waals surface area contributed by atoms with Crippen molar-refractivity contribution >= 4 is 0 Å². The van der Waals surface area contributed by atoms with Gasteiger partial charge in [-0.1, -0.05) is 6.07 Å². The van der Waals surface area contributed by atoms with Crippen LogP contribution >= 0.6 is 0 Å².